The predicted molar refractivity (Wildman–Crippen MR) is 125 cm³/mol. The molecule has 2 aromatic heterocycles. The predicted octanol–water partition coefficient (Wildman–Crippen LogP) is 4.46. The third-order valence-corrected chi connectivity index (χ3v) is 7.63. The molecule has 0 spiro atoms. The highest BCUT2D eigenvalue weighted by Crippen LogP contribution is 2.27. The Kier molecular flexibility index (Phi) is 7.80. The van der Waals surface area contributed by atoms with Crippen LogP contribution < -0.4 is 5.73 Å². The second-order valence-electron chi connectivity index (χ2n) is 7.40. The van der Waals surface area contributed by atoms with Crippen molar-refractivity contribution in [1.29, 1.82) is 0 Å². The second kappa shape index (κ2) is 10.2. The average molecular weight is 485 g/mol. The maximum atomic E-state index is 12.6. The number of sulfone groups is 1. The second-order valence-corrected chi connectivity index (χ2v) is 10.3. The van der Waals surface area contributed by atoms with Crippen LogP contribution in [0.15, 0.2) is 29.3 Å². The Bertz CT molecular complexity index is 1180. The number of nitrogens with two attached hydrogens (primary N) is 1. The number of imidazole rings is 1. The fourth-order valence-corrected chi connectivity index (χ4v) is 5.76. The summed E-state index contributed by atoms with van der Waals surface area (Å²) in [5, 5.41) is 0.564. The van der Waals surface area contributed by atoms with Crippen LogP contribution in [0.25, 0.3) is 11.0 Å². The van der Waals surface area contributed by atoms with E-state index in [4.69, 9.17) is 33.7 Å². The molecule has 0 aliphatic heterocycles. The summed E-state index contributed by atoms with van der Waals surface area (Å²) in [5.74, 6) is 1.33. The summed E-state index contributed by atoms with van der Waals surface area (Å²) in [7, 11) is -1.81. The van der Waals surface area contributed by atoms with Crippen molar-refractivity contribution in [2.75, 3.05) is 25.2 Å². The van der Waals surface area contributed by atoms with Crippen molar-refractivity contribution in [3.05, 3.63) is 45.8 Å². The van der Waals surface area contributed by atoms with Gasteiger partial charge in [0.2, 0.25) is 0 Å². The van der Waals surface area contributed by atoms with Gasteiger partial charge in [-0.3, -0.25) is 0 Å². The molecule has 2 heterocycles. The van der Waals surface area contributed by atoms with Crippen LogP contribution in [-0.2, 0) is 27.5 Å². The minimum Gasteiger partial charge on any atom is -0.384 e. The van der Waals surface area contributed by atoms with E-state index in [9.17, 15) is 8.42 Å². The van der Waals surface area contributed by atoms with Gasteiger partial charge in [-0.25, -0.2) is 18.4 Å². The molecule has 10 heteroatoms. The van der Waals surface area contributed by atoms with Crippen molar-refractivity contribution in [2.45, 2.75) is 44.0 Å². The minimum absolute atomic E-state index is 0.0332. The lowest BCUT2D eigenvalue weighted by molar-refractivity contribution is 0.199. The molecule has 0 fully saturated rings. The lowest BCUT2D eigenvalue weighted by Crippen LogP contribution is -2.10. The summed E-state index contributed by atoms with van der Waals surface area (Å²) in [5.41, 5.74) is 8.70. The first kappa shape index (κ1) is 23.8. The SMILES string of the molecule is COCCc1nc2c(N)ncc(C)c2n1CCCCCS(=O)(=O)c1ccc(Cl)cc1Cl. The van der Waals surface area contributed by atoms with Crippen LogP contribution >= 0.6 is 23.2 Å². The van der Waals surface area contributed by atoms with Crippen LogP contribution in [0.4, 0.5) is 5.82 Å². The normalized spacial score (nSPS) is 12.0. The molecule has 0 bridgehead atoms. The number of rotatable bonds is 10. The van der Waals surface area contributed by atoms with Gasteiger partial charge in [-0.2, -0.15) is 0 Å². The molecule has 3 aromatic rings. The number of halogens is 2. The highest BCUT2D eigenvalue weighted by molar-refractivity contribution is 7.91. The Balaban J connectivity index is 1.67. The topological polar surface area (TPSA) is 100 Å². The fraction of sp³-hybridized carbons (Fsp3) is 0.429. The molecule has 3 rings (SSSR count). The zero-order valence-electron chi connectivity index (χ0n) is 17.6. The summed E-state index contributed by atoms with van der Waals surface area (Å²) in [6.07, 6.45) is 4.49. The van der Waals surface area contributed by atoms with E-state index < -0.39 is 9.84 Å². The van der Waals surface area contributed by atoms with Crippen LogP contribution in [0.1, 0.15) is 30.7 Å². The van der Waals surface area contributed by atoms with E-state index in [0.29, 0.717) is 42.4 Å². The average Bonchev–Trinajstić information content (AvgIpc) is 3.08. The number of hydrogen-bond acceptors (Lipinski definition) is 6. The molecule has 1 aromatic carbocycles. The first-order valence-corrected chi connectivity index (χ1v) is 12.4. The van der Waals surface area contributed by atoms with E-state index in [1.807, 2.05) is 6.92 Å². The van der Waals surface area contributed by atoms with Crippen LogP contribution in [-0.4, -0.2) is 42.4 Å². The molecule has 0 amide bonds. The number of aryl methyl sites for hydroxylation is 2. The molecule has 0 atom stereocenters. The zero-order chi connectivity index (χ0) is 22.6. The summed E-state index contributed by atoms with van der Waals surface area (Å²) < 4.78 is 32.6. The smallest absolute Gasteiger partial charge is 0.179 e. The molecule has 31 heavy (non-hydrogen) atoms. The number of aromatic nitrogens is 3. The molecule has 7 nitrogen and oxygen atoms in total. The Labute approximate surface area is 192 Å². The molecule has 0 saturated carbocycles. The van der Waals surface area contributed by atoms with Crippen molar-refractivity contribution in [1.82, 2.24) is 14.5 Å². The van der Waals surface area contributed by atoms with Crippen molar-refractivity contribution in [2.24, 2.45) is 0 Å². The van der Waals surface area contributed by atoms with Gasteiger partial charge in [0.25, 0.3) is 0 Å². The molecule has 0 aliphatic carbocycles. The molecule has 0 saturated heterocycles. The monoisotopic (exact) mass is 484 g/mol. The van der Waals surface area contributed by atoms with Crippen molar-refractivity contribution in [3.63, 3.8) is 0 Å². The van der Waals surface area contributed by atoms with Crippen molar-refractivity contribution in [3.8, 4) is 0 Å². The Morgan fingerprint density at radius 1 is 1.19 bits per heavy atom. The van der Waals surface area contributed by atoms with E-state index in [0.717, 1.165) is 29.7 Å². The number of ether oxygens (including phenoxy) is 1. The maximum Gasteiger partial charge on any atom is 0.179 e. The number of unbranched alkanes of at least 4 members (excludes halogenated alkanes) is 2. The molecule has 0 radical (unpaired) electrons. The van der Waals surface area contributed by atoms with Gasteiger partial charge in [0, 0.05) is 31.3 Å². The Morgan fingerprint density at radius 3 is 2.68 bits per heavy atom. The van der Waals surface area contributed by atoms with Crippen LogP contribution in [0.3, 0.4) is 0 Å². The summed E-state index contributed by atoms with van der Waals surface area (Å²) in [6.45, 7) is 3.24. The van der Waals surface area contributed by atoms with Gasteiger partial charge in [0.1, 0.15) is 11.3 Å². The van der Waals surface area contributed by atoms with Gasteiger partial charge in [-0.1, -0.05) is 29.6 Å². The lowest BCUT2D eigenvalue weighted by atomic mass is 10.2. The molecule has 0 unspecified atom stereocenters. The first-order valence-electron chi connectivity index (χ1n) is 10.0. The summed E-state index contributed by atoms with van der Waals surface area (Å²) >= 11 is 11.9. The number of nitrogen functional groups attached to an aromatic ring is 1. The third-order valence-electron chi connectivity index (χ3n) is 5.11. The lowest BCUT2D eigenvalue weighted by Gasteiger charge is -2.11. The van der Waals surface area contributed by atoms with Gasteiger partial charge in [0.15, 0.2) is 15.7 Å². The minimum atomic E-state index is -3.46. The Morgan fingerprint density at radius 2 is 1.97 bits per heavy atom. The standard InChI is InChI=1S/C21H26Cl2N4O3S/c1-14-13-25-21(24)19-20(14)27(18(26-19)8-10-30-2)9-4-3-5-11-31(28,29)17-7-6-15(22)12-16(17)23/h6-7,12-13H,3-5,8-11H2,1-2H3,(H2,24,25). The van der Waals surface area contributed by atoms with Crippen molar-refractivity contribution >= 4 is 49.9 Å². The molecule has 0 aliphatic rings. The van der Waals surface area contributed by atoms with E-state index in [1.165, 1.54) is 18.2 Å². The van der Waals surface area contributed by atoms with Crippen LogP contribution in [0.2, 0.25) is 10.0 Å². The fourth-order valence-electron chi connectivity index (χ4n) is 3.57. The van der Waals surface area contributed by atoms with E-state index in [-0.39, 0.29) is 15.7 Å². The maximum absolute atomic E-state index is 12.6. The summed E-state index contributed by atoms with van der Waals surface area (Å²) in [6, 6.07) is 4.44. The van der Waals surface area contributed by atoms with E-state index in [1.54, 1.807) is 13.3 Å². The molecule has 168 valence electrons. The Hall–Kier alpha value is -1.87. The zero-order valence-corrected chi connectivity index (χ0v) is 19.9. The highest BCUT2D eigenvalue weighted by Gasteiger charge is 2.19. The van der Waals surface area contributed by atoms with Crippen molar-refractivity contribution < 1.29 is 13.2 Å². The number of hydrogen-bond donors (Lipinski definition) is 1. The molecular formula is C21H26Cl2N4O3S. The number of nitrogens with zero attached hydrogens (tertiary/aromatic N) is 3. The van der Waals surface area contributed by atoms with E-state index in [2.05, 4.69) is 14.5 Å². The number of methoxy groups -OCH3 is 1. The first-order chi connectivity index (χ1) is 14.7. The van der Waals surface area contributed by atoms with Gasteiger partial charge >= 0.3 is 0 Å². The quantitative estimate of drug-likeness (QED) is 0.426. The number of benzene rings is 1. The number of pyridine rings is 1. The van der Waals surface area contributed by atoms with E-state index >= 15 is 0 Å². The molecule has 2 N–H and O–H groups in total. The van der Waals surface area contributed by atoms with Crippen LogP contribution in [0.5, 0.6) is 0 Å². The highest BCUT2D eigenvalue weighted by atomic mass is 35.5. The third kappa shape index (κ3) is 5.49. The largest absolute Gasteiger partial charge is 0.384 e. The molecular weight excluding hydrogens is 459 g/mol. The van der Waals surface area contributed by atoms with Gasteiger partial charge < -0.3 is 15.0 Å². The van der Waals surface area contributed by atoms with Gasteiger partial charge in [-0.15, -0.1) is 0 Å². The van der Waals surface area contributed by atoms with Crippen LogP contribution in [0, 0.1) is 6.92 Å². The number of anilines is 1. The van der Waals surface area contributed by atoms with Gasteiger partial charge in [0.05, 0.1) is 27.8 Å². The number of fused-ring (bicyclic) bond motifs is 1. The van der Waals surface area contributed by atoms with Gasteiger partial charge in [-0.05, 0) is 43.5 Å². The summed E-state index contributed by atoms with van der Waals surface area (Å²) in [4.78, 5) is 9.01.